The molecule has 0 aliphatic carbocycles. The third-order valence-electron chi connectivity index (χ3n) is 1.51. The molecule has 0 fully saturated rings. The van der Waals surface area contributed by atoms with E-state index in [-0.39, 0.29) is 19.2 Å². The first-order valence-electron chi connectivity index (χ1n) is 4.77. The van der Waals surface area contributed by atoms with E-state index in [1.54, 1.807) is 20.8 Å². The monoisotopic (exact) mass is 218 g/mol. The number of hydrogen-bond acceptors (Lipinski definition) is 5. The molecule has 1 atom stereocenters. The van der Waals surface area contributed by atoms with Crippen LogP contribution in [0.5, 0.6) is 0 Å². The van der Waals surface area contributed by atoms with Gasteiger partial charge in [0.15, 0.2) is 0 Å². The fraction of sp³-hybridized carbons (Fsp3) is 0.800. The van der Waals surface area contributed by atoms with E-state index < -0.39 is 17.5 Å². The first kappa shape index (κ1) is 13.9. The largest absolute Gasteiger partial charge is 0.462 e. The van der Waals surface area contributed by atoms with Crippen molar-refractivity contribution >= 4 is 11.9 Å². The molecule has 0 aromatic heterocycles. The molecule has 0 rings (SSSR count). The van der Waals surface area contributed by atoms with Crippen LogP contribution in [0.2, 0.25) is 0 Å². The zero-order valence-electron chi connectivity index (χ0n) is 9.57. The molecule has 0 amide bonds. The van der Waals surface area contributed by atoms with Crippen molar-refractivity contribution in [2.75, 3.05) is 13.2 Å². The molecule has 88 valence electrons. The average Bonchev–Trinajstić information content (AvgIpc) is 2.09. The molecule has 0 aliphatic rings. The van der Waals surface area contributed by atoms with Gasteiger partial charge in [0.2, 0.25) is 0 Å². The summed E-state index contributed by atoms with van der Waals surface area (Å²) >= 11 is 0. The van der Waals surface area contributed by atoms with Gasteiger partial charge in [-0.1, -0.05) is 0 Å². The fourth-order valence-electron chi connectivity index (χ4n) is 0.614. The van der Waals surface area contributed by atoms with Gasteiger partial charge in [-0.05, 0) is 27.7 Å². The summed E-state index contributed by atoms with van der Waals surface area (Å²) in [5.74, 6) is -1.07. The minimum absolute atomic E-state index is 0.00850. The molecule has 0 heterocycles. The number of ether oxygens (including phenoxy) is 2. The lowest BCUT2D eigenvalue weighted by molar-refractivity contribution is -0.161. The molecule has 0 saturated carbocycles. The van der Waals surface area contributed by atoms with Gasteiger partial charge in [-0.3, -0.25) is 4.79 Å². The lowest BCUT2D eigenvalue weighted by Gasteiger charge is -2.16. The van der Waals surface area contributed by atoms with Crippen LogP contribution in [0.3, 0.4) is 0 Å². The van der Waals surface area contributed by atoms with Gasteiger partial charge in [-0.25, -0.2) is 4.79 Å². The summed E-state index contributed by atoms with van der Waals surface area (Å²) in [6.45, 7) is 6.48. The molecule has 0 aromatic rings. The Kier molecular flexibility index (Phi) is 5.28. The molecule has 5 heteroatoms. The molecule has 0 spiro atoms. The molecule has 0 radical (unpaired) electrons. The Morgan fingerprint density at radius 3 is 2.07 bits per heavy atom. The van der Waals surface area contributed by atoms with Crippen LogP contribution in [-0.4, -0.2) is 36.4 Å². The molecule has 5 nitrogen and oxygen atoms in total. The summed E-state index contributed by atoms with van der Waals surface area (Å²) in [6, 6.07) is 0. The standard InChI is InChI=1S/C10H18O5/c1-7(11)8(12)14-5-6-15-9(13)10(2,3)4/h7,11H,5-6H2,1-4H3. The highest BCUT2D eigenvalue weighted by Crippen LogP contribution is 2.14. The van der Waals surface area contributed by atoms with E-state index >= 15 is 0 Å². The van der Waals surface area contributed by atoms with E-state index in [1.807, 2.05) is 0 Å². The second-order valence-electron chi connectivity index (χ2n) is 4.23. The van der Waals surface area contributed by atoms with E-state index in [0.717, 1.165) is 0 Å². The highest BCUT2D eigenvalue weighted by molar-refractivity contribution is 5.75. The van der Waals surface area contributed by atoms with Crippen molar-refractivity contribution in [2.24, 2.45) is 5.41 Å². The predicted molar refractivity (Wildman–Crippen MR) is 53.1 cm³/mol. The maximum absolute atomic E-state index is 11.2. The predicted octanol–water partition coefficient (Wildman–Crippen LogP) is 0.500. The quantitative estimate of drug-likeness (QED) is 0.549. The van der Waals surface area contributed by atoms with Gasteiger partial charge < -0.3 is 14.6 Å². The Hall–Kier alpha value is -1.10. The van der Waals surface area contributed by atoms with Crippen LogP contribution < -0.4 is 0 Å². The lowest BCUT2D eigenvalue weighted by Crippen LogP contribution is -2.26. The zero-order valence-corrected chi connectivity index (χ0v) is 9.57. The summed E-state index contributed by atoms with van der Waals surface area (Å²) in [7, 11) is 0. The van der Waals surface area contributed by atoms with E-state index in [4.69, 9.17) is 9.84 Å². The summed E-state index contributed by atoms with van der Waals surface area (Å²) in [5.41, 5.74) is -0.561. The van der Waals surface area contributed by atoms with Crippen molar-refractivity contribution < 1.29 is 24.2 Å². The van der Waals surface area contributed by atoms with Crippen LogP contribution in [0.4, 0.5) is 0 Å². The Labute approximate surface area is 89.4 Å². The van der Waals surface area contributed by atoms with Crippen molar-refractivity contribution in [3.8, 4) is 0 Å². The summed E-state index contributed by atoms with van der Waals surface area (Å²) in [5, 5.41) is 8.78. The van der Waals surface area contributed by atoms with Crippen LogP contribution in [0.25, 0.3) is 0 Å². The fourth-order valence-corrected chi connectivity index (χ4v) is 0.614. The van der Waals surface area contributed by atoms with Crippen molar-refractivity contribution in [2.45, 2.75) is 33.8 Å². The topological polar surface area (TPSA) is 72.8 Å². The highest BCUT2D eigenvalue weighted by atomic mass is 16.6. The number of esters is 2. The molecule has 0 bridgehead atoms. The van der Waals surface area contributed by atoms with Crippen LogP contribution >= 0.6 is 0 Å². The highest BCUT2D eigenvalue weighted by Gasteiger charge is 2.22. The summed E-state index contributed by atoms with van der Waals surface area (Å²) in [6.07, 6.45) is -1.15. The third-order valence-corrected chi connectivity index (χ3v) is 1.51. The maximum Gasteiger partial charge on any atom is 0.334 e. The smallest absolute Gasteiger partial charge is 0.334 e. The van der Waals surface area contributed by atoms with E-state index in [1.165, 1.54) is 6.92 Å². The minimum atomic E-state index is -1.15. The second-order valence-corrected chi connectivity index (χ2v) is 4.23. The van der Waals surface area contributed by atoms with Crippen molar-refractivity contribution in [3.63, 3.8) is 0 Å². The van der Waals surface area contributed by atoms with Gasteiger partial charge in [0.25, 0.3) is 0 Å². The molecular formula is C10H18O5. The third kappa shape index (κ3) is 6.06. The Balaban J connectivity index is 3.65. The van der Waals surface area contributed by atoms with E-state index in [0.29, 0.717) is 0 Å². The van der Waals surface area contributed by atoms with Gasteiger partial charge in [0.1, 0.15) is 19.3 Å². The number of carbonyl (C=O) groups excluding carboxylic acids is 2. The zero-order chi connectivity index (χ0) is 12.1. The van der Waals surface area contributed by atoms with Crippen LogP contribution in [-0.2, 0) is 19.1 Å². The molecular weight excluding hydrogens is 200 g/mol. The maximum atomic E-state index is 11.2. The summed E-state index contributed by atoms with van der Waals surface area (Å²) < 4.78 is 9.44. The minimum Gasteiger partial charge on any atom is -0.462 e. The molecule has 0 saturated heterocycles. The number of aliphatic hydroxyl groups excluding tert-OH is 1. The van der Waals surface area contributed by atoms with Crippen molar-refractivity contribution in [1.82, 2.24) is 0 Å². The number of hydrogen-bond donors (Lipinski definition) is 1. The molecule has 1 N–H and O–H groups in total. The number of aliphatic hydroxyl groups is 1. The van der Waals surface area contributed by atoms with Gasteiger partial charge >= 0.3 is 11.9 Å². The van der Waals surface area contributed by atoms with Crippen molar-refractivity contribution in [1.29, 1.82) is 0 Å². The van der Waals surface area contributed by atoms with E-state index in [2.05, 4.69) is 4.74 Å². The number of carbonyl (C=O) groups is 2. The van der Waals surface area contributed by atoms with Crippen LogP contribution in [0, 0.1) is 5.41 Å². The molecule has 1 unspecified atom stereocenters. The molecule has 0 aliphatic heterocycles. The first-order valence-corrected chi connectivity index (χ1v) is 4.77. The molecule has 0 aromatic carbocycles. The Morgan fingerprint density at radius 1 is 1.20 bits per heavy atom. The van der Waals surface area contributed by atoms with E-state index in [9.17, 15) is 9.59 Å². The summed E-state index contributed by atoms with van der Waals surface area (Å²) in [4.78, 5) is 22.0. The SMILES string of the molecule is CC(O)C(=O)OCCOC(=O)C(C)(C)C. The van der Waals surface area contributed by atoms with Crippen molar-refractivity contribution in [3.05, 3.63) is 0 Å². The average molecular weight is 218 g/mol. The Bertz CT molecular complexity index is 226. The van der Waals surface area contributed by atoms with Gasteiger partial charge in [0.05, 0.1) is 5.41 Å². The normalized spacial score (nSPS) is 13.1. The second kappa shape index (κ2) is 5.70. The van der Waals surface area contributed by atoms with Crippen LogP contribution in [0.15, 0.2) is 0 Å². The van der Waals surface area contributed by atoms with Crippen LogP contribution in [0.1, 0.15) is 27.7 Å². The Morgan fingerprint density at radius 2 is 1.67 bits per heavy atom. The first-order chi connectivity index (χ1) is 6.75. The molecule has 15 heavy (non-hydrogen) atoms. The van der Waals surface area contributed by atoms with Gasteiger partial charge in [0, 0.05) is 0 Å². The van der Waals surface area contributed by atoms with Gasteiger partial charge in [-0.15, -0.1) is 0 Å². The van der Waals surface area contributed by atoms with Gasteiger partial charge in [-0.2, -0.15) is 0 Å². The lowest BCUT2D eigenvalue weighted by atomic mass is 9.97. The number of rotatable bonds is 4.